The summed E-state index contributed by atoms with van der Waals surface area (Å²) in [6.07, 6.45) is 0. The normalized spacial score (nSPS) is 16.4. The van der Waals surface area contributed by atoms with Crippen LogP contribution in [0.2, 0.25) is 0 Å². The van der Waals surface area contributed by atoms with E-state index in [4.69, 9.17) is 0 Å². The second-order valence-electron chi connectivity index (χ2n) is 14.9. The number of hydrogen-bond acceptors (Lipinski definition) is 2. The first kappa shape index (κ1) is 33.2. The van der Waals surface area contributed by atoms with E-state index in [0.29, 0.717) is 0 Å². The van der Waals surface area contributed by atoms with E-state index < -0.39 is 7.29 Å². The van der Waals surface area contributed by atoms with Crippen LogP contribution in [0.3, 0.4) is 0 Å². The minimum absolute atomic E-state index is 0.191. The van der Waals surface area contributed by atoms with E-state index in [1.54, 1.807) is 0 Å². The lowest BCUT2D eigenvalue weighted by Crippen LogP contribution is -2.29. The Morgan fingerprint density at radius 1 is 0.436 bits per heavy atom. The van der Waals surface area contributed by atoms with Gasteiger partial charge in [0.05, 0.1) is 28.1 Å². The standard InChI is InChI=1S/C51H39N2OP/c1-51(2)43-27-16-15-26-42(43)50-44(51)28-17-29-47(50)52-45-32-30-38(36-18-7-3-8-19-36)34-48(45)53(40-22-11-5-12-23-40)55(54,41-24-13-6-14-25-41)49-35-39(31-33-46(49)52)37-20-9-4-10-21-37/h3-35H,1-2H3. The second kappa shape index (κ2) is 12.9. The number of anilines is 5. The number of rotatable bonds is 5. The quantitative estimate of drug-likeness (QED) is 0.165. The van der Waals surface area contributed by atoms with Crippen molar-refractivity contribution >= 4 is 46.3 Å². The van der Waals surface area contributed by atoms with Crippen LogP contribution >= 0.6 is 7.29 Å². The lowest BCUT2D eigenvalue weighted by molar-refractivity contribution is 0.587. The molecule has 3 nitrogen and oxygen atoms in total. The van der Waals surface area contributed by atoms with Gasteiger partial charge < -0.3 is 4.90 Å². The Kier molecular flexibility index (Phi) is 7.76. The highest BCUT2D eigenvalue weighted by molar-refractivity contribution is 7.80. The molecular weight excluding hydrogens is 688 g/mol. The lowest BCUT2D eigenvalue weighted by atomic mass is 9.82. The zero-order valence-electron chi connectivity index (χ0n) is 30.8. The van der Waals surface area contributed by atoms with Gasteiger partial charge in [-0.15, -0.1) is 0 Å². The van der Waals surface area contributed by atoms with E-state index in [-0.39, 0.29) is 5.41 Å². The molecule has 0 bridgehead atoms. The zero-order chi connectivity index (χ0) is 37.1. The molecule has 0 saturated heterocycles. The molecule has 1 aliphatic carbocycles. The SMILES string of the molecule is CC1(C)c2ccccc2-c2c(N3c4ccc(-c5ccccc5)cc4N(c4ccccc4)P(=O)(c4ccccc4)c4cc(-c5ccccc5)ccc43)cccc21. The predicted octanol–water partition coefficient (Wildman–Crippen LogP) is 13.2. The topological polar surface area (TPSA) is 23.6 Å². The van der Waals surface area contributed by atoms with E-state index >= 15 is 4.57 Å². The summed E-state index contributed by atoms with van der Waals surface area (Å²) in [6, 6.07) is 70.0. The molecule has 0 saturated carbocycles. The highest BCUT2D eigenvalue weighted by Gasteiger charge is 2.45. The van der Waals surface area contributed by atoms with E-state index in [1.165, 1.54) is 22.3 Å². The minimum atomic E-state index is -3.70. The monoisotopic (exact) mass is 726 g/mol. The van der Waals surface area contributed by atoms with Gasteiger partial charge in [0.15, 0.2) is 0 Å². The fraction of sp³-hybridized carbons (Fsp3) is 0.0588. The molecule has 0 aromatic heterocycles. The summed E-state index contributed by atoms with van der Waals surface area (Å²) in [5.74, 6) is 0. The van der Waals surface area contributed by atoms with Gasteiger partial charge in [-0.25, -0.2) is 0 Å². The third-order valence-electron chi connectivity index (χ3n) is 11.4. The molecule has 55 heavy (non-hydrogen) atoms. The molecule has 1 heterocycles. The molecule has 10 rings (SSSR count). The average Bonchev–Trinajstić information content (AvgIpc) is 3.43. The Bertz CT molecular complexity index is 2760. The Labute approximate surface area is 323 Å². The minimum Gasteiger partial charge on any atom is -0.307 e. The first-order valence-electron chi connectivity index (χ1n) is 18.9. The molecule has 0 radical (unpaired) electrons. The average molecular weight is 727 g/mol. The Morgan fingerprint density at radius 3 is 1.65 bits per heavy atom. The highest BCUT2D eigenvalue weighted by atomic mass is 31.2. The van der Waals surface area contributed by atoms with Crippen LogP contribution in [0, 0.1) is 0 Å². The number of nitrogens with zero attached hydrogens (tertiary/aromatic N) is 2. The van der Waals surface area contributed by atoms with Gasteiger partial charge in [0.25, 0.3) is 0 Å². The summed E-state index contributed by atoms with van der Waals surface area (Å²) < 4.78 is 19.4. The number of benzene rings is 8. The molecule has 0 amide bonds. The van der Waals surface area contributed by atoms with Crippen molar-refractivity contribution in [1.82, 2.24) is 0 Å². The molecule has 1 aliphatic heterocycles. The molecule has 1 atom stereocenters. The maximum absolute atomic E-state index is 17.2. The van der Waals surface area contributed by atoms with Crippen molar-refractivity contribution < 1.29 is 4.57 Å². The molecule has 8 aromatic carbocycles. The predicted molar refractivity (Wildman–Crippen MR) is 231 cm³/mol. The van der Waals surface area contributed by atoms with Crippen molar-refractivity contribution in [3.05, 3.63) is 211 Å². The van der Waals surface area contributed by atoms with Crippen molar-refractivity contribution in [2.75, 3.05) is 9.57 Å². The van der Waals surface area contributed by atoms with Crippen molar-refractivity contribution in [2.24, 2.45) is 0 Å². The van der Waals surface area contributed by atoms with E-state index in [0.717, 1.165) is 61.3 Å². The van der Waals surface area contributed by atoms with Gasteiger partial charge in [-0.3, -0.25) is 9.24 Å². The van der Waals surface area contributed by atoms with Crippen molar-refractivity contribution in [1.29, 1.82) is 0 Å². The zero-order valence-corrected chi connectivity index (χ0v) is 31.7. The first-order valence-corrected chi connectivity index (χ1v) is 20.5. The van der Waals surface area contributed by atoms with Gasteiger partial charge in [0, 0.05) is 22.0 Å². The van der Waals surface area contributed by atoms with Gasteiger partial charge in [0.1, 0.15) is 0 Å². The van der Waals surface area contributed by atoms with Crippen LogP contribution in [-0.2, 0) is 9.98 Å². The molecule has 4 heteroatoms. The summed E-state index contributed by atoms with van der Waals surface area (Å²) in [5.41, 5.74) is 13.8. The fourth-order valence-corrected chi connectivity index (χ4v) is 11.8. The van der Waals surface area contributed by atoms with Crippen molar-refractivity contribution in [3.63, 3.8) is 0 Å². The molecule has 0 N–H and O–H groups in total. The molecular formula is C51H39N2OP. The van der Waals surface area contributed by atoms with Crippen LogP contribution in [0.1, 0.15) is 25.0 Å². The summed E-state index contributed by atoms with van der Waals surface area (Å²) in [7, 11) is -3.70. The van der Waals surface area contributed by atoms with Gasteiger partial charge >= 0.3 is 0 Å². The third kappa shape index (κ3) is 5.15. The van der Waals surface area contributed by atoms with Gasteiger partial charge in [0.2, 0.25) is 7.29 Å². The number of fused-ring (bicyclic) bond motifs is 5. The number of hydrogen-bond donors (Lipinski definition) is 0. The maximum atomic E-state index is 17.2. The van der Waals surface area contributed by atoms with E-state index in [9.17, 15) is 0 Å². The van der Waals surface area contributed by atoms with Crippen molar-refractivity contribution in [2.45, 2.75) is 19.3 Å². The molecule has 8 aromatic rings. The van der Waals surface area contributed by atoms with Crippen LogP contribution in [0.4, 0.5) is 28.4 Å². The summed E-state index contributed by atoms with van der Waals surface area (Å²) in [4.78, 5) is 2.39. The van der Waals surface area contributed by atoms with E-state index in [1.807, 2.05) is 60.7 Å². The molecule has 1 unspecified atom stereocenters. The smallest absolute Gasteiger partial charge is 0.236 e. The maximum Gasteiger partial charge on any atom is 0.236 e. The first-order chi connectivity index (χ1) is 26.9. The van der Waals surface area contributed by atoms with Crippen LogP contribution in [0.5, 0.6) is 0 Å². The lowest BCUT2D eigenvalue weighted by Gasteiger charge is -2.34. The fourth-order valence-electron chi connectivity index (χ4n) is 8.78. The van der Waals surface area contributed by atoms with Crippen LogP contribution < -0.4 is 20.2 Å². The Balaban J connectivity index is 1.38. The van der Waals surface area contributed by atoms with Gasteiger partial charge in [-0.2, -0.15) is 0 Å². The van der Waals surface area contributed by atoms with E-state index in [2.05, 4.69) is 163 Å². The van der Waals surface area contributed by atoms with Gasteiger partial charge in [-0.1, -0.05) is 159 Å². The molecule has 0 spiro atoms. The Morgan fingerprint density at radius 2 is 0.982 bits per heavy atom. The Hall–Kier alpha value is -6.41. The number of para-hydroxylation sites is 1. The molecule has 2 aliphatic rings. The molecule has 264 valence electrons. The van der Waals surface area contributed by atoms with Crippen molar-refractivity contribution in [3.8, 4) is 33.4 Å². The van der Waals surface area contributed by atoms with Crippen LogP contribution in [-0.4, -0.2) is 0 Å². The van der Waals surface area contributed by atoms with Crippen LogP contribution in [0.15, 0.2) is 200 Å². The summed E-state index contributed by atoms with van der Waals surface area (Å²) in [6.45, 7) is 4.65. The highest BCUT2D eigenvalue weighted by Crippen LogP contribution is 2.64. The third-order valence-corrected chi connectivity index (χ3v) is 14.4. The second-order valence-corrected chi connectivity index (χ2v) is 17.5. The molecule has 0 fully saturated rings. The summed E-state index contributed by atoms with van der Waals surface area (Å²) in [5, 5.41) is 1.55. The van der Waals surface area contributed by atoms with Gasteiger partial charge in [-0.05, 0) is 93.5 Å². The largest absolute Gasteiger partial charge is 0.307 e. The summed E-state index contributed by atoms with van der Waals surface area (Å²) >= 11 is 0. The van der Waals surface area contributed by atoms with Crippen LogP contribution in [0.25, 0.3) is 33.4 Å².